The van der Waals surface area contributed by atoms with Crippen molar-refractivity contribution in [2.45, 2.75) is 57.1 Å². The van der Waals surface area contributed by atoms with Crippen LogP contribution in [0.15, 0.2) is 106 Å². The molecule has 0 saturated heterocycles. The minimum atomic E-state index is -4.32. The second-order valence-electron chi connectivity index (χ2n) is 11.3. The Bertz CT molecular complexity index is 1790. The molecule has 0 saturated carbocycles. The van der Waals surface area contributed by atoms with Gasteiger partial charge < -0.3 is 15.0 Å². The quantitative estimate of drug-likeness (QED) is 0.148. The normalized spacial score (nSPS) is 12.6. The van der Waals surface area contributed by atoms with E-state index in [-0.39, 0.29) is 46.3 Å². The van der Waals surface area contributed by atoms with Crippen LogP contribution in [0.2, 0.25) is 5.02 Å². The first-order valence-electron chi connectivity index (χ1n) is 15.2. The molecule has 0 bridgehead atoms. The molecule has 2 atom stereocenters. The SMILES string of the molecule is CC[C@@H](C)NC(=O)[C@@H](Cc1ccccc1)N(Cc1cccc(Br)c1)C(=O)CN(c1cc(Cl)ccc1OC)S(=O)(=O)c1ccc(C)cc1. The number of hydrogen-bond donors (Lipinski definition) is 1. The number of carbonyl (C=O) groups is 2. The molecule has 1 N–H and O–H groups in total. The molecule has 8 nitrogen and oxygen atoms in total. The van der Waals surface area contributed by atoms with Crippen LogP contribution in [0.25, 0.3) is 0 Å². The van der Waals surface area contributed by atoms with Crippen molar-refractivity contribution in [3.05, 3.63) is 123 Å². The lowest BCUT2D eigenvalue weighted by atomic mass is 10.0. The summed E-state index contributed by atoms with van der Waals surface area (Å²) in [4.78, 5) is 30.1. The van der Waals surface area contributed by atoms with Gasteiger partial charge in [-0.25, -0.2) is 8.42 Å². The van der Waals surface area contributed by atoms with Crippen molar-refractivity contribution in [1.82, 2.24) is 10.2 Å². The number of ether oxygens (including phenoxy) is 1. The Balaban J connectivity index is 1.86. The molecular formula is C36H39BrClN3O5S. The molecular weight excluding hydrogens is 702 g/mol. The average Bonchev–Trinajstić information content (AvgIpc) is 3.05. The molecule has 2 amide bonds. The standard InChI is InChI=1S/C36H39BrClN3O5S/c1-5-26(3)39-36(43)33(21-27-10-7-6-8-11-27)40(23-28-12-9-13-29(37)20-28)35(42)24-41(32-22-30(38)16-19-34(32)46-4)47(44,45)31-17-14-25(2)15-18-31/h6-20,22,26,33H,5,21,23-24H2,1-4H3,(H,39,43)/t26-,33-/m1/s1. The van der Waals surface area contributed by atoms with Crippen molar-refractivity contribution in [3.63, 3.8) is 0 Å². The van der Waals surface area contributed by atoms with Crippen LogP contribution in [0.4, 0.5) is 5.69 Å². The van der Waals surface area contributed by atoms with E-state index in [0.29, 0.717) is 6.42 Å². The van der Waals surface area contributed by atoms with Gasteiger partial charge in [0.05, 0.1) is 17.7 Å². The van der Waals surface area contributed by atoms with E-state index in [0.717, 1.165) is 25.5 Å². The minimum Gasteiger partial charge on any atom is -0.495 e. The largest absolute Gasteiger partial charge is 0.495 e. The minimum absolute atomic E-state index is 0.00758. The summed E-state index contributed by atoms with van der Waals surface area (Å²) in [5.74, 6) is -0.700. The highest BCUT2D eigenvalue weighted by atomic mass is 79.9. The molecule has 11 heteroatoms. The monoisotopic (exact) mass is 739 g/mol. The van der Waals surface area contributed by atoms with Crippen LogP contribution in [0.3, 0.4) is 0 Å². The predicted molar refractivity (Wildman–Crippen MR) is 190 cm³/mol. The summed E-state index contributed by atoms with van der Waals surface area (Å²) in [6, 6.07) is 26.7. The van der Waals surface area contributed by atoms with Crippen molar-refractivity contribution in [2.75, 3.05) is 18.0 Å². The maximum absolute atomic E-state index is 14.7. The second-order valence-corrected chi connectivity index (χ2v) is 14.5. The van der Waals surface area contributed by atoms with Gasteiger partial charge in [-0.3, -0.25) is 13.9 Å². The molecule has 0 fully saturated rings. The van der Waals surface area contributed by atoms with Gasteiger partial charge >= 0.3 is 0 Å². The zero-order valence-electron chi connectivity index (χ0n) is 26.8. The molecule has 0 aliphatic carbocycles. The molecule has 0 heterocycles. The fourth-order valence-electron chi connectivity index (χ4n) is 5.04. The van der Waals surface area contributed by atoms with Crippen LogP contribution in [-0.4, -0.2) is 50.9 Å². The first kappa shape index (κ1) is 36.0. The topological polar surface area (TPSA) is 96.0 Å². The number of benzene rings is 4. The summed E-state index contributed by atoms with van der Waals surface area (Å²) in [6.07, 6.45) is 0.911. The van der Waals surface area contributed by atoms with Gasteiger partial charge in [-0.2, -0.15) is 0 Å². The average molecular weight is 741 g/mol. The van der Waals surface area contributed by atoms with E-state index in [1.54, 1.807) is 24.3 Å². The molecule has 0 radical (unpaired) electrons. The van der Waals surface area contributed by atoms with Gasteiger partial charge in [0.1, 0.15) is 18.3 Å². The van der Waals surface area contributed by atoms with E-state index in [2.05, 4.69) is 21.2 Å². The smallest absolute Gasteiger partial charge is 0.264 e. The van der Waals surface area contributed by atoms with Gasteiger partial charge in [0.2, 0.25) is 11.8 Å². The Morgan fingerprint density at radius 1 is 0.936 bits per heavy atom. The maximum Gasteiger partial charge on any atom is 0.264 e. The Morgan fingerprint density at radius 2 is 1.62 bits per heavy atom. The molecule has 0 aliphatic heterocycles. The zero-order valence-corrected chi connectivity index (χ0v) is 30.0. The van der Waals surface area contributed by atoms with Gasteiger partial charge in [-0.05, 0) is 73.9 Å². The van der Waals surface area contributed by atoms with Crippen LogP contribution in [-0.2, 0) is 32.6 Å². The van der Waals surface area contributed by atoms with Crippen molar-refractivity contribution < 1.29 is 22.7 Å². The van der Waals surface area contributed by atoms with Gasteiger partial charge in [0.25, 0.3) is 10.0 Å². The van der Waals surface area contributed by atoms with Crippen molar-refractivity contribution in [1.29, 1.82) is 0 Å². The van der Waals surface area contributed by atoms with Crippen LogP contribution in [0.1, 0.15) is 37.0 Å². The Morgan fingerprint density at radius 3 is 2.26 bits per heavy atom. The van der Waals surface area contributed by atoms with E-state index in [4.69, 9.17) is 16.3 Å². The number of anilines is 1. The summed E-state index contributed by atoms with van der Waals surface area (Å²) in [6.45, 7) is 5.15. The fourth-order valence-corrected chi connectivity index (χ4v) is 7.07. The summed E-state index contributed by atoms with van der Waals surface area (Å²) in [5, 5.41) is 3.31. The van der Waals surface area contributed by atoms with Crippen molar-refractivity contribution >= 4 is 55.1 Å². The van der Waals surface area contributed by atoms with Crippen LogP contribution in [0.5, 0.6) is 5.75 Å². The Hall–Kier alpha value is -3.86. The lowest BCUT2D eigenvalue weighted by molar-refractivity contribution is -0.140. The zero-order chi connectivity index (χ0) is 34.1. The molecule has 0 aromatic heterocycles. The highest BCUT2D eigenvalue weighted by Gasteiger charge is 2.36. The van der Waals surface area contributed by atoms with Crippen LogP contribution in [0, 0.1) is 6.92 Å². The van der Waals surface area contributed by atoms with Crippen LogP contribution >= 0.6 is 27.5 Å². The first-order valence-corrected chi connectivity index (χ1v) is 17.8. The fraction of sp³-hybridized carbons (Fsp3) is 0.278. The number of amides is 2. The van der Waals surface area contributed by atoms with Crippen molar-refractivity contribution in [2.24, 2.45) is 0 Å². The number of aryl methyl sites for hydroxylation is 1. The van der Waals surface area contributed by atoms with Crippen molar-refractivity contribution in [3.8, 4) is 5.75 Å². The molecule has 4 rings (SSSR count). The molecule has 4 aromatic carbocycles. The summed E-state index contributed by atoms with van der Waals surface area (Å²) in [7, 11) is -2.90. The van der Waals surface area contributed by atoms with E-state index in [1.165, 1.54) is 30.2 Å². The number of rotatable bonds is 14. The number of halogens is 2. The van der Waals surface area contributed by atoms with E-state index in [9.17, 15) is 18.0 Å². The third kappa shape index (κ3) is 9.37. The van der Waals surface area contributed by atoms with Crippen LogP contribution < -0.4 is 14.4 Å². The van der Waals surface area contributed by atoms with Gasteiger partial charge in [0, 0.05) is 28.5 Å². The number of sulfonamides is 1. The maximum atomic E-state index is 14.7. The molecule has 0 unspecified atom stereocenters. The first-order chi connectivity index (χ1) is 22.4. The molecule has 0 spiro atoms. The summed E-state index contributed by atoms with van der Waals surface area (Å²) >= 11 is 9.88. The number of nitrogens with zero attached hydrogens (tertiary/aromatic N) is 2. The predicted octanol–water partition coefficient (Wildman–Crippen LogP) is 7.17. The van der Waals surface area contributed by atoms with Gasteiger partial charge in [-0.15, -0.1) is 0 Å². The molecule has 0 aliphatic rings. The highest BCUT2D eigenvalue weighted by molar-refractivity contribution is 9.10. The lowest BCUT2D eigenvalue weighted by Gasteiger charge is -2.34. The lowest BCUT2D eigenvalue weighted by Crippen LogP contribution is -2.54. The number of carbonyl (C=O) groups excluding carboxylic acids is 2. The van der Waals surface area contributed by atoms with Gasteiger partial charge in [-0.1, -0.05) is 94.6 Å². The van der Waals surface area contributed by atoms with Gasteiger partial charge in [0.15, 0.2) is 0 Å². The Labute approximate surface area is 290 Å². The number of methoxy groups -OCH3 is 1. The summed E-state index contributed by atoms with van der Waals surface area (Å²) < 4.78 is 36.0. The molecule has 47 heavy (non-hydrogen) atoms. The van der Waals surface area contributed by atoms with E-state index >= 15 is 0 Å². The second kappa shape index (κ2) is 16.3. The van der Waals surface area contributed by atoms with E-state index in [1.807, 2.05) is 75.4 Å². The van der Waals surface area contributed by atoms with E-state index < -0.39 is 28.5 Å². The third-order valence-corrected chi connectivity index (χ3v) is 10.3. The number of nitrogens with one attached hydrogen (secondary N) is 1. The summed E-state index contributed by atoms with van der Waals surface area (Å²) in [5.41, 5.74) is 2.59. The highest BCUT2D eigenvalue weighted by Crippen LogP contribution is 2.35. The Kier molecular flexibility index (Phi) is 12.5. The molecule has 248 valence electrons. The molecule has 4 aromatic rings. The number of hydrogen-bond acceptors (Lipinski definition) is 5. The third-order valence-electron chi connectivity index (χ3n) is 7.81.